The maximum Gasteiger partial charge on any atom is 0.220 e. The van der Waals surface area contributed by atoms with Gasteiger partial charge in [0.15, 0.2) is 0 Å². The molecule has 1 unspecified atom stereocenters. The van der Waals surface area contributed by atoms with Gasteiger partial charge < -0.3 is 10.2 Å². The number of nitrogens with one attached hydrogen (secondary N) is 1. The first-order valence-electron chi connectivity index (χ1n) is 20.8. The number of unbranched alkanes of at least 4 members (excludes halogenated alkanes) is 24. The molecule has 0 aromatic rings. The van der Waals surface area contributed by atoms with E-state index in [9.17, 15) is 4.79 Å². The SMILES string of the molecule is CCCCC/C=C\C/C=C\CCCCCCCCC(CCCCCCCCCCCCCCCCCC)NC(=O)CCCN(C)C. The van der Waals surface area contributed by atoms with E-state index in [2.05, 4.69) is 62.5 Å². The van der Waals surface area contributed by atoms with Gasteiger partial charge in [-0.1, -0.05) is 186 Å². The van der Waals surface area contributed by atoms with Gasteiger partial charge in [0.2, 0.25) is 5.91 Å². The molecule has 0 aliphatic rings. The van der Waals surface area contributed by atoms with Crippen LogP contribution in [0, 0.1) is 0 Å². The lowest BCUT2D eigenvalue weighted by Crippen LogP contribution is -2.35. The predicted molar refractivity (Wildman–Crippen MR) is 208 cm³/mol. The molecule has 0 aromatic carbocycles. The third kappa shape index (κ3) is 37.4. The molecule has 0 rings (SSSR count). The van der Waals surface area contributed by atoms with Gasteiger partial charge in [-0.2, -0.15) is 0 Å². The highest BCUT2D eigenvalue weighted by molar-refractivity contribution is 5.76. The summed E-state index contributed by atoms with van der Waals surface area (Å²) in [6.45, 7) is 5.55. The second kappa shape index (κ2) is 38.4. The number of carbonyl (C=O) groups excluding carboxylic acids is 1. The first-order valence-corrected chi connectivity index (χ1v) is 20.8. The molecule has 1 atom stereocenters. The predicted octanol–water partition coefficient (Wildman–Crippen LogP) is 13.7. The zero-order valence-corrected chi connectivity index (χ0v) is 32.1. The van der Waals surface area contributed by atoms with Crippen LogP contribution in [0.3, 0.4) is 0 Å². The molecule has 0 aliphatic heterocycles. The molecule has 1 N–H and O–H groups in total. The fourth-order valence-electron chi connectivity index (χ4n) is 6.46. The normalized spacial score (nSPS) is 12.6. The zero-order valence-electron chi connectivity index (χ0n) is 32.1. The lowest BCUT2D eigenvalue weighted by atomic mass is 9.99. The Labute approximate surface area is 290 Å². The second-order valence-electron chi connectivity index (χ2n) is 14.6. The van der Waals surface area contributed by atoms with Gasteiger partial charge in [-0.3, -0.25) is 4.79 Å². The van der Waals surface area contributed by atoms with Crippen LogP contribution in [0.2, 0.25) is 0 Å². The van der Waals surface area contributed by atoms with E-state index in [0.29, 0.717) is 12.5 Å². The third-order valence-electron chi connectivity index (χ3n) is 9.53. The van der Waals surface area contributed by atoms with Crippen molar-refractivity contribution in [3.05, 3.63) is 24.3 Å². The van der Waals surface area contributed by atoms with Gasteiger partial charge in [0.05, 0.1) is 0 Å². The number of hydrogen-bond donors (Lipinski definition) is 1. The van der Waals surface area contributed by atoms with Crippen LogP contribution < -0.4 is 5.32 Å². The Morgan fingerprint density at radius 2 is 0.870 bits per heavy atom. The summed E-state index contributed by atoms with van der Waals surface area (Å²) in [7, 11) is 4.17. The minimum Gasteiger partial charge on any atom is -0.353 e. The van der Waals surface area contributed by atoms with Crippen molar-refractivity contribution in [2.24, 2.45) is 0 Å². The smallest absolute Gasteiger partial charge is 0.220 e. The van der Waals surface area contributed by atoms with Gasteiger partial charge in [-0.15, -0.1) is 0 Å². The molecule has 0 spiro atoms. The minimum absolute atomic E-state index is 0.267. The number of hydrogen-bond acceptors (Lipinski definition) is 2. The van der Waals surface area contributed by atoms with Crippen molar-refractivity contribution in [3.63, 3.8) is 0 Å². The number of rotatable bonds is 37. The first kappa shape index (κ1) is 44.9. The van der Waals surface area contributed by atoms with Gasteiger partial charge in [-0.25, -0.2) is 0 Å². The van der Waals surface area contributed by atoms with Crippen molar-refractivity contribution >= 4 is 5.91 Å². The van der Waals surface area contributed by atoms with Crippen LogP contribution in [0.4, 0.5) is 0 Å². The van der Waals surface area contributed by atoms with E-state index in [4.69, 9.17) is 0 Å². The number of amides is 1. The van der Waals surface area contributed by atoms with E-state index in [-0.39, 0.29) is 5.91 Å². The molecule has 0 saturated heterocycles. The first-order chi connectivity index (χ1) is 22.6. The Bertz CT molecular complexity index is 655. The monoisotopic (exact) mass is 645 g/mol. The highest BCUT2D eigenvalue weighted by Gasteiger charge is 2.12. The summed E-state index contributed by atoms with van der Waals surface area (Å²) in [5.41, 5.74) is 0. The van der Waals surface area contributed by atoms with Crippen LogP contribution in [0.15, 0.2) is 24.3 Å². The summed E-state index contributed by atoms with van der Waals surface area (Å²) in [6, 6.07) is 0.379. The molecule has 0 bridgehead atoms. The maximum absolute atomic E-state index is 12.6. The van der Waals surface area contributed by atoms with Gasteiger partial charge in [0.1, 0.15) is 0 Å². The Hall–Kier alpha value is -1.09. The minimum atomic E-state index is 0.267. The molecule has 0 radical (unpaired) electrons. The number of carbonyl (C=O) groups is 1. The van der Waals surface area contributed by atoms with E-state index >= 15 is 0 Å². The molecule has 0 aliphatic carbocycles. The molecule has 272 valence electrons. The van der Waals surface area contributed by atoms with Crippen molar-refractivity contribution in [2.75, 3.05) is 20.6 Å². The summed E-state index contributed by atoms with van der Waals surface area (Å²) < 4.78 is 0. The van der Waals surface area contributed by atoms with E-state index in [1.807, 2.05) is 0 Å². The lowest BCUT2D eigenvalue weighted by molar-refractivity contribution is -0.122. The summed E-state index contributed by atoms with van der Waals surface area (Å²) in [5, 5.41) is 3.43. The molecule has 46 heavy (non-hydrogen) atoms. The van der Waals surface area contributed by atoms with Crippen LogP contribution in [0.1, 0.15) is 219 Å². The fourth-order valence-corrected chi connectivity index (χ4v) is 6.46. The van der Waals surface area contributed by atoms with Crippen LogP contribution >= 0.6 is 0 Å². The van der Waals surface area contributed by atoms with E-state index in [0.717, 1.165) is 32.2 Å². The van der Waals surface area contributed by atoms with Crippen molar-refractivity contribution in [1.82, 2.24) is 10.2 Å². The molecular weight excluding hydrogens is 560 g/mol. The van der Waals surface area contributed by atoms with Gasteiger partial charge in [-0.05, 0) is 72.0 Å². The maximum atomic E-state index is 12.6. The Morgan fingerprint density at radius 1 is 0.500 bits per heavy atom. The van der Waals surface area contributed by atoms with Crippen LogP contribution in [-0.2, 0) is 4.79 Å². The average molecular weight is 645 g/mol. The Kier molecular flexibility index (Phi) is 37.4. The van der Waals surface area contributed by atoms with Gasteiger partial charge >= 0.3 is 0 Å². The van der Waals surface area contributed by atoms with Crippen molar-refractivity contribution < 1.29 is 4.79 Å². The van der Waals surface area contributed by atoms with E-state index in [1.165, 1.54) is 173 Å². The van der Waals surface area contributed by atoms with Crippen molar-refractivity contribution in [2.45, 2.75) is 225 Å². The van der Waals surface area contributed by atoms with Crippen LogP contribution in [0.5, 0.6) is 0 Å². The number of nitrogens with zero attached hydrogens (tertiary/aromatic N) is 1. The highest BCUT2D eigenvalue weighted by atomic mass is 16.1. The largest absolute Gasteiger partial charge is 0.353 e. The van der Waals surface area contributed by atoms with Crippen molar-refractivity contribution in [1.29, 1.82) is 0 Å². The van der Waals surface area contributed by atoms with E-state index < -0.39 is 0 Å². The molecule has 0 aromatic heterocycles. The highest BCUT2D eigenvalue weighted by Crippen LogP contribution is 2.17. The van der Waals surface area contributed by atoms with Gasteiger partial charge in [0.25, 0.3) is 0 Å². The fraction of sp³-hybridized carbons (Fsp3) is 0.884. The number of allylic oxidation sites excluding steroid dienone is 4. The Morgan fingerprint density at radius 3 is 1.30 bits per heavy atom. The quantitative estimate of drug-likeness (QED) is 0.0539. The average Bonchev–Trinajstić information content (AvgIpc) is 3.04. The molecule has 0 saturated carbocycles. The Balaban J connectivity index is 3.93. The van der Waals surface area contributed by atoms with E-state index in [1.54, 1.807) is 0 Å². The van der Waals surface area contributed by atoms with Crippen molar-refractivity contribution in [3.8, 4) is 0 Å². The standard InChI is InChI=1S/C43H84N2O/c1-5-7-9-11-13-15-17-19-21-23-25-27-29-31-33-35-38-42(44-43(46)40-37-41-45(3)4)39-36-34-32-30-28-26-24-22-20-18-16-14-12-10-8-6-2/h13,15,19,21,42H,5-12,14,16-18,20,22-41H2,1-4H3,(H,44,46)/b15-13-,21-19-. The van der Waals surface area contributed by atoms with Crippen LogP contribution in [0.25, 0.3) is 0 Å². The summed E-state index contributed by atoms with van der Waals surface area (Å²) in [4.78, 5) is 14.8. The summed E-state index contributed by atoms with van der Waals surface area (Å²) in [6.07, 6.45) is 51.4. The van der Waals surface area contributed by atoms with Gasteiger partial charge in [0, 0.05) is 12.5 Å². The van der Waals surface area contributed by atoms with Crippen LogP contribution in [-0.4, -0.2) is 37.5 Å². The molecule has 3 nitrogen and oxygen atoms in total. The molecule has 3 heteroatoms. The summed E-state index contributed by atoms with van der Waals surface area (Å²) >= 11 is 0. The lowest BCUT2D eigenvalue weighted by Gasteiger charge is -2.19. The molecule has 0 heterocycles. The second-order valence-corrected chi connectivity index (χ2v) is 14.6. The molecule has 1 amide bonds. The molecular formula is C43H84N2O. The topological polar surface area (TPSA) is 32.3 Å². The third-order valence-corrected chi connectivity index (χ3v) is 9.53. The summed E-state index contributed by atoms with van der Waals surface area (Å²) in [5.74, 6) is 0.267. The zero-order chi connectivity index (χ0) is 33.6. The molecule has 0 fully saturated rings.